The van der Waals surface area contributed by atoms with Gasteiger partial charge in [0.05, 0.1) is 6.61 Å². The van der Waals surface area contributed by atoms with Crippen LogP contribution in [0.25, 0.3) is 0 Å². The van der Waals surface area contributed by atoms with Crippen LogP contribution < -0.4 is 51.4 Å². The first kappa shape index (κ1) is 31.7. The van der Waals surface area contributed by atoms with Crippen molar-refractivity contribution in [2.75, 3.05) is 6.61 Å². The molecule has 0 aromatic carbocycles. The van der Waals surface area contributed by atoms with Gasteiger partial charge in [-0.2, -0.15) is 0 Å². The van der Waals surface area contributed by atoms with Crippen LogP contribution >= 0.6 is 0 Å². The average Bonchev–Trinajstić information content (AvgIpc) is 2.62. The van der Waals surface area contributed by atoms with Gasteiger partial charge in [-0.25, -0.2) is 8.42 Å². The molecule has 0 bridgehead atoms. The van der Waals surface area contributed by atoms with E-state index in [1.807, 2.05) is 0 Å². The van der Waals surface area contributed by atoms with Crippen LogP contribution in [0.5, 0.6) is 0 Å². The molecule has 28 heavy (non-hydrogen) atoms. The molecule has 6 heteroatoms. The molecular formula is C22H45KO4S. The van der Waals surface area contributed by atoms with E-state index in [9.17, 15) is 13.0 Å². The van der Waals surface area contributed by atoms with Crippen LogP contribution in [0.2, 0.25) is 0 Å². The van der Waals surface area contributed by atoms with E-state index < -0.39 is 10.4 Å². The average molecular weight is 445 g/mol. The van der Waals surface area contributed by atoms with Crippen LogP contribution in [0.4, 0.5) is 0 Å². The van der Waals surface area contributed by atoms with Crippen molar-refractivity contribution in [3.05, 3.63) is 0 Å². The minimum atomic E-state index is -4.50. The van der Waals surface area contributed by atoms with Gasteiger partial charge in [-0.15, -0.1) is 0 Å². The molecule has 0 unspecified atom stereocenters. The Morgan fingerprint density at radius 1 is 0.536 bits per heavy atom. The Labute approximate surface area is 218 Å². The van der Waals surface area contributed by atoms with Gasteiger partial charge in [0.2, 0.25) is 10.4 Å². The monoisotopic (exact) mass is 444 g/mol. The summed E-state index contributed by atoms with van der Waals surface area (Å²) in [6.45, 7) is 2.31. The molecule has 0 aromatic rings. The maximum Gasteiger partial charge on any atom is 1.00 e. The molecule has 0 aliphatic rings. The predicted octanol–water partition coefficient (Wildman–Crippen LogP) is 4.29. The summed E-state index contributed by atoms with van der Waals surface area (Å²) in [4.78, 5) is 0. The molecule has 0 saturated carbocycles. The van der Waals surface area contributed by atoms with Gasteiger partial charge < -0.3 is 4.55 Å². The Morgan fingerprint density at radius 2 is 0.786 bits per heavy atom. The van der Waals surface area contributed by atoms with E-state index in [4.69, 9.17) is 0 Å². The second kappa shape index (κ2) is 24.8. The first-order chi connectivity index (χ1) is 13.1. The molecule has 0 aromatic heterocycles. The topological polar surface area (TPSA) is 66.4 Å². The maximum absolute atomic E-state index is 10.3. The Bertz CT molecular complexity index is 388. The van der Waals surface area contributed by atoms with Crippen LogP contribution in [0, 0.1) is 0 Å². The fraction of sp³-hybridized carbons (Fsp3) is 1.00. The predicted molar refractivity (Wildman–Crippen MR) is 114 cm³/mol. The van der Waals surface area contributed by atoms with Crippen molar-refractivity contribution >= 4 is 10.4 Å². The van der Waals surface area contributed by atoms with Gasteiger partial charge in [-0.1, -0.05) is 129 Å². The van der Waals surface area contributed by atoms with Crippen molar-refractivity contribution < 1.29 is 68.5 Å². The first-order valence-electron chi connectivity index (χ1n) is 11.7. The third-order valence-electron chi connectivity index (χ3n) is 5.23. The van der Waals surface area contributed by atoms with Gasteiger partial charge in [0.1, 0.15) is 0 Å². The molecule has 0 aliphatic heterocycles. The van der Waals surface area contributed by atoms with Crippen LogP contribution in [-0.2, 0) is 14.6 Å². The normalized spacial score (nSPS) is 11.5. The molecule has 0 rings (SSSR count). The fourth-order valence-electron chi connectivity index (χ4n) is 3.52. The molecule has 164 valence electrons. The Morgan fingerprint density at radius 3 is 1.04 bits per heavy atom. The first-order valence-corrected chi connectivity index (χ1v) is 13.0. The van der Waals surface area contributed by atoms with E-state index in [1.165, 1.54) is 109 Å². The van der Waals surface area contributed by atoms with E-state index in [0.717, 1.165) is 12.8 Å². The van der Waals surface area contributed by atoms with Crippen LogP contribution in [0.1, 0.15) is 135 Å². The SMILES string of the molecule is CCCCCCCCCCCCCCCCCCCCCCOS(=O)(=O)[O-].[K+]. The minimum absolute atomic E-state index is 0. The number of hydrogen-bond acceptors (Lipinski definition) is 4. The van der Waals surface area contributed by atoms with E-state index in [-0.39, 0.29) is 58.0 Å². The maximum atomic E-state index is 10.3. The van der Waals surface area contributed by atoms with Crippen LogP contribution in [0.15, 0.2) is 0 Å². The van der Waals surface area contributed by atoms with Crippen LogP contribution in [-0.4, -0.2) is 19.6 Å². The van der Waals surface area contributed by atoms with Crippen molar-refractivity contribution in [1.82, 2.24) is 0 Å². The smallest absolute Gasteiger partial charge is 0.726 e. The Kier molecular flexibility index (Phi) is 28.0. The zero-order chi connectivity index (χ0) is 20.1. The Hall–Kier alpha value is 1.51. The van der Waals surface area contributed by atoms with Gasteiger partial charge in [-0.05, 0) is 6.42 Å². The van der Waals surface area contributed by atoms with Gasteiger partial charge in [0.15, 0.2) is 0 Å². The summed E-state index contributed by atoms with van der Waals surface area (Å²) in [6.07, 6.45) is 26.2. The summed E-state index contributed by atoms with van der Waals surface area (Å²) in [5.41, 5.74) is 0. The third kappa shape index (κ3) is 29.7. The third-order valence-corrected chi connectivity index (χ3v) is 5.68. The van der Waals surface area contributed by atoms with Gasteiger partial charge in [-0.3, -0.25) is 4.18 Å². The molecule has 0 N–H and O–H groups in total. The van der Waals surface area contributed by atoms with Crippen molar-refractivity contribution in [3.8, 4) is 0 Å². The number of hydrogen-bond donors (Lipinski definition) is 0. The van der Waals surface area contributed by atoms with E-state index >= 15 is 0 Å². The Balaban J connectivity index is 0. The van der Waals surface area contributed by atoms with Crippen molar-refractivity contribution in [3.63, 3.8) is 0 Å². The molecule has 0 radical (unpaired) electrons. The van der Waals surface area contributed by atoms with Crippen molar-refractivity contribution in [1.29, 1.82) is 0 Å². The van der Waals surface area contributed by atoms with Gasteiger partial charge >= 0.3 is 51.4 Å². The second-order valence-electron chi connectivity index (χ2n) is 7.95. The quantitative estimate of drug-likeness (QED) is 0.108. The second-order valence-corrected chi connectivity index (χ2v) is 9.00. The van der Waals surface area contributed by atoms with Gasteiger partial charge in [0.25, 0.3) is 0 Å². The fourth-order valence-corrected chi connectivity index (χ4v) is 3.84. The molecule has 0 amide bonds. The summed E-state index contributed by atoms with van der Waals surface area (Å²) in [6, 6.07) is 0. The van der Waals surface area contributed by atoms with E-state index in [2.05, 4.69) is 11.1 Å². The molecule has 0 atom stereocenters. The zero-order valence-electron chi connectivity index (χ0n) is 18.9. The minimum Gasteiger partial charge on any atom is -0.726 e. The molecule has 0 spiro atoms. The largest absolute Gasteiger partial charge is 1.00 e. The van der Waals surface area contributed by atoms with Crippen molar-refractivity contribution in [2.24, 2.45) is 0 Å². The van der Waals surface area contributed by atoms with Crippen LogP contribution in [0.3, 0.4) is 0 Å². The number of unbranched alkanes of at least 4 members (excludes halogenated alkanes) is 19. The van der Waals surface area contributed by atoms with E-state index in [1.54, 1.807) is 0 Å². The molecule has 0 heterocycles. The molecule has 0 aliphatic carbocycles. The number of rotatable bonds is 22. The molecule has 0 fully saturated rings. The summed E-state index contributed by atoms with van der Waals surface area (Å²) < 4.78 is 34.9. The zero-order valence-corrected chi connectivity index (χ0v) is 22.8. The van der Waals surface area contributed by atoms with Gasteiger partial charge in [0, 0.05) is 0 Å². The summed E-state index contributed by atoms with van der Waals surface area (Å²) in [5.74, 6) is 0. The summed E-state index contributed by atoms with van der Waals surface area (Å²) in [7, 11) is -4.50. The summed E-state index contributed by atoms with van der Waals surface area (Å²) >= 11 is 0. The van der Waals surface area contributed by atoms with Crippen molar-refractivity contribution in [2.45, 2.75) is 135 Å². The standard InChI is InChI=1S/C22H46O4S.K/c1-2-3-4-5-6-7-8-9-10-11-12-13-14-15-16-17-18-19-20-21-22-26-27(23,24)25;/h2-22H2,1H3,(H,23,24,25);/q;+1/p-1. The molecular weight excluding hydrogens is 399 g/mol. The summed E-state index contributed by atoms with van der Waals surface area (Å²) in [5, 5.41) is 0. The van der Waals surface area contributed by atoms with E-state index in [0.29, 0.717) is 6.42 Å². The molecule has 0 saturated heterocycles. The molecule has 4 nitrogen and oxygen atoms in total.